The molecule has 10 heavy (non-hydrogen) atoms. The average molecular weight is 157 g/mol. The van der Waals surface area contributed by atoms with Gasteiger partial charge in [-0.15, -0.1) is 0 Å². The number of carbonyl (C=O) groups is 1. The molecule has 0 saturated heterocycles. The van der Waals surface area contributed by atoms with Crippen LogP contribution < -0.4 is 5.73 Å². The zero-order valence-electron chi connectivity index (χ0n) is 4.85. The molecule has 0 bridgehead atoms. The van der Waals surface area contributed by atoms with Gasteiger partial charge in [-0.1, -0.05) is 0 Å². The zero-order valence-corrected chi connectivity index (χ0v) is 4.85. The quantitative estimate of drug-likeness (QED) is 0.602. The fourth-order valence-electron chi connectivity index (χ4n) is 0.374. The van der Waals surface area contributed by atoms with E-state index in [1.165, 1.54) is 0 Å². The van der Waals surface area contributed by atoms with E-state index in [2.05, 4.69) is 5.73 Å². The van der Waals surface area contributed by atoms with Crippen molar-refractivity contribution in [2.45, 2.75) is 6.18 Å². The smallest absolute Gasteiger partial charge is 0.403 e. The maximum absolute atomic E-state index is 11.5. The van der Waals surface area contributed by atoms with Gasteiger partial charge in [0.1, 0.15) is 0 Å². The molecule has 0 aromatic heterocycles. The van der Waals surface area contributed by atoms with E-state index in [4.69, 9.17) is 5.11 Å². The summed E-state index contributed by atoms with van der Waals surface area (Å²) in [6.07, 6.45) is -4.74. The molecule has 0 aromatic carbocycles. The van der Waals surface area contributed by atoms with Crippen molar-refractivity contribution in [1.82, 2.24) is 0 Å². The molecule has 0 aromatic rings. The summed E-state index contributed by atoms with van der Waals surface area (Å²) in [6, 6.07) is 0. The Morgan fingerprint density at radius 1 is 1.60 bits per heavy atom. The maximum Gasteiger partial charge on any atom is 0.403 e. The van der Waals surface area contributed by atoms with Crippen molar-refractivity contribution in [3.63, 3.8) is 0 Å². The Kier molecular flexibility index (Phi) is 2.65. The van der Waals surface area contributed by atoms with Gasteiger partial charge < -0.3 is 10.8 Å². The molecule has 60 valence electrons. The minimum atomic E-state index is -4.74. The van der Waals surface area contributed by atoms with Crippen molar-refractivity contribution in [1.29, 1.82) is 0 Å². The largest absolute Gasteiger partial charge is 0.481 e. The van der Waals surface area contributed by atoms with Crippen molar-refractivity contribution in [2.24, 2.45) is 11.7 Å². The fraction of sp³-hybridized carbons (Fsp3) is 0.750. The lowest BCUT2D eigenvalue weighted by molar-refractivity contribution is -0.191. The third-order valence-electron chi connectivity index (χ3n) is 0.929. The highest BCUT2D eigenvalue weighted by Gasteiger charge is 2.43. The first kappa shape index (κ1) is 9.22. The molecule has 0 unspecified atom stereocenters. The molecule has 0 aliphatic heterocycles. The molecule has 3 N–H and O–H groups in total. The van der Waals surface area contributed by atoms with E-state index in [-0.39, 0.29) is 0 Å². The number of carboxylic acids is 1. The van der Waals surface area contributed by atoms with Gasteiger partial charge in [-0.25, -0.2) is 0 Å². The van der Waals surface area contributed by atoms with Gasteiger partial charge in [-0.3, -0.25) is 4.79 Å². The molecule has 0 spiro atoms. The topological polar surface area (TPSA) is 63.3 Å². The Bertz CT molecular complexity index is 133. The first-order valence-corrected chi connectivity index (χ1v) is 2.39. The number of alkyl halides is 3. The summed E-state index contributed by atoms with van der Waals surface area (Å²) in [6.45, 7) is -0.918. The third-order valence-corrected chi connectivity index (χ3v) is 0.929. The predicted octanol–water partition coefficient (Wildman–Crippen LogP) is 0.208. The van der Waals surface area contributed by atoms with E-state index in [0.717, 1.165) is 0 Å². The van der Waals surface area contributed by atoms with Crippen molar-refractivity contribution in [3.8, 4) is 0 Å². The van der Waals surface area contributed by atoms with E-state index in [1.54, 1.807) is 0 Å². The van der Waals surface area contributed by atoms with Crippen LogP contribution in [0, 0.1) is 5.92 Å². The highest BCUT2D eigenvalue weighted by Crippen LogP contribution is 2.25. The van der Waals surface area contributed by atoms with E-state index in [9.17, 15) is 18.0 Å². The van der Waals surface area contributed by atoms with E-state index < -0.39 is 24.6 Å². The van der Waals surface area contributed by atoms with Crippen LogP contribution in [0.2, 0.25) is 0 Å². The van der Waals surface area contributed by atoms with Crippen LogP contribution in [0.15, 0.2) is 0 Å². The van der Waals surface area contributed by atoms with Gasteiger partial charge >= 0.3 is 12.1 Å². The van der Waals surface area contributed by atoms with E-state index in [1.807, 2.05) is 0 Å². The Labute approximate surface area is 54.6 Å². The summed E-state index contributed by atoms with van der Waals surface area (Å²) in [5, 5.41) is 7.91. The van der Waals surface area contributed by atoms with Crippen LogP contribution in [0.5, 0.6) is 0 Å². The van der Waals surface area contributed by atoms with Crippen LogP contribution in [0.1, 0.15) is 0 Å². The summed E-state index contributed by atoms with van der Waals surface area (Å²) < 4.78 is 34.5. The molecule has 0 radical (unpaired) electrons. The normalized spacial score (nSPS) is 14.8. The number of rotatable bonds is 2. The fourth-order valence-corrected chi connectivity index (χ4v) is 0.374. The average Bonchev–Trinajstić information content (AvgIpc) is 1.60. The van der Waals surface area contributed by atoms with Gasteiger partial charge in [-0.05, 0) is 0 Å². The second-order valence-corrected chi connectivity index (χ2v) is 1.67. The molecular formula is C4H6F3NO2. The Morgan fingerprint density at radius 2 is 2.00 bits per heavy atom. The van der Waals surface area contributed by atoms with Gasteiger partial charge in [0.05, 0.1) is 0 Å². The highest BCUT2D eigenvalue weighted by molar-refractivity contribution is 5.71. The summed E-state index contributed by atoms with van der Waals surface area (Å²) in [7, 11) is 0. The summed E-state index contributed by atoms with van der Waals surface area (Å²) in [4.78, 5) is 9.78. The molecule has 0 aliphatic rings. The lowest BCUT2D eigenvalue weighted by Crippen LogP contribution is -2.36. The lowest BCUT2D eigenvalue weighted by Gasteiger charge is -2.12. The van der Waals surface area contributed by atoms with Crippen LogP contribution in [-0.4, -0.2) is 23.8 Å². The number of nitrogens with two attached hydrogens (primary N) is 1. The molecular weight excluding hydrogens is 151 g/mol. The van der Waals surface area contributed by atoms with Crippen LogP contribution in [-0.2, 0) is 4.79 Å². The molecule has 0 fully saturated rings. The van der Waals surface area contributed by atoms with Crippen LogP contribution >= 0.6 is 0 Å². The lowest BCUT2D eigenvalue weighted by atomic mass is 10.1. The molecule has 0 amide bonds. The monoisotopic (exact) mass is 157 g/mol. The molecule has 0 aliphatic carbocycles. The van der Waals surface area contributed by atoms with Crippen molar-refractivity contribution in [3.05, 3.63) is 0 Å². The van der Waals surface area contributed by atoms with Gasteiger partial charge in [0, 0.05) is 6.54 Å². The molecule has 3 nitrogen and oxygen atoms in total. The number of aliphatic carboxylic acids is 1. The second-order valence-electron chi connectivity index (χ2n) is 1.67. The molecule has 0 rings (SSSR count). The Morgan fingerprint density at radius 3 is 2.00 bits per heavy atom. The number of hydrogen-bond donors (Lipinski definition) is 2. The highest BCUT2D eigenvalue weighted by atomic mass is 19.4. The summed E-state index contributed by atoms with van der Waals surface area (Å²) in [5.41, 5.74) is 4.56. The van der Waals surface area contributed by atoms with E-state index in [0.29, 0.717) is 0 Å². The van der Waals surface area contributed by atoms with Gasteiger partial charge in [-0.2, -0.15) is 13.2 Å². The Hall–Kier alpha value is -0.780. The molecule has 1 atom stereocenters. The SMILES string of the molecule is NC[C@@H](C(=O)O)C(F)(F)F. The molecule has 0 heterocycles. The van der Waals surface area contributed by atoms with Crippen LogP contribution in [0.4, 0.5) is 13.2 Å². The van der Waals surface area contributed by atoms with Gasteiger partial charge in [0.15, 0.2) is 5.92 Å². The molecule has 6 heteroatoms. The van der Waals surface area contributed by atoms with Crippen molar-refractivity contribution >= 4 is 5.97 Å². The minimum absolute atomic E-state index is 0.918. The number of hydrogen-bond acceptors (Lipinski definition) is 2. The Balaban J connectivity index is 4.22. The summed E-state index contributed by atoms with van der Waals surface area (Å²) >= 11 is 0. The van der Waals surface area contributed by atoms with Crippen LogP contribution in [0.3, 0.4) is 0 Å². The van der Waals surface area contributed by atoms with Gasteiger partial charge in [0.25, 0.3) is 0 Å². The first-order valence-electron chi connectivity index (χ1n) is 2.39. The minimum Gasteiger partial charge on any atom is -0.481 e. The predicted molar refractivity (Wildman–Crippen MR) is 26.2 cm³/mol. The van der Waals surface area contributed by atoms with Gasteiger partial charge in [0.2, 0.25) is 0 Å². The maximum atomic E-state index is 11.5. The summed E-state index contributed by atoms with van der Waals surface area (Å²) in [5.74, 6) is -4.37. The zero-order chi connectivity index (χ0) is 8.36. The van der Waals surface area contributed by atoms with E-state index >= 15 is 0 Å². The third kappa shape index (κ3) is 2.22. The second kappa shape index (κ2) is 2.87. The van der Waals surface area contributed by atoms with Crippen molar-refractivity contribution in [2.75, 3.05) is 6.54 Å². The number of carboxylic acid groups (broad SMARTS) is 1. The van der Waals surface area contributed by atoms with Crippen LogP contribution in [0.25, 0.3) is 0 Å². The first-order chi connectivity index (χ1) is 4.39. The van der Waals surface area contributed by atoms with Crippen molar-refractivity contribution < 1.29 is 23.1 Å². The number of halogens is 3. The standard InChI is InChI=1S/C4H6F3NO2/c5-4(6,7)2(1-8)3(9)10/h2H,1,8H2,(H,9,10)/t2-/m0/s1. The molecule has 0 saturated carbocycles.